The van der Waals surface area contributed by atoms with Crippen molar-refractivity contribution in [2.24, 2.45) is 5.92 Å². The zero-order valence-electron chi connectivity index (χ0n) is 15.7. The number of rotatable bonds is 5. The summed E-state index contributed by atoms with van der Waals surface area (Å²) < 4.78 is 0. The number of amides is 1. The summed E-state index contributed by atoms with van der Waals surface area (Å²) in [4.78, 5) is 17.1. The highest BCUT2D eigenvalue weighted by molar-refractivity contribution is 5.86. The third-order valence-corrected chi connectivity index (χ3v) is 5.78. The Kier molecular flexibility index (Phi) is 5.74. The van der Waals surface area contributed by atoms with Crippen molar-refractivity contribution < 1.29 is 4.79 Å². The lowest BCUT2D eigenvalue weighted by atomic mass is 9.92. The second-order valence-electron chi connectivity index (χ2n) is 7.07. The molecule has 0 bridgehead atoms. The number of hydrogen-bond acceptors (Lipinski definition) is 2. The van der Waals surface area contributed by atoms with E-state index in [2.05, 4.69) is 68.1 Å². The Morgan fingerprint density at radius 2 is 1.72 bits per heavy atom. The van der Waals surface area contributed by atoms with Crippen LogP contribution in [0.2, 0.25) is 0 Å². The fraction of sp³-hybridized carbons (Fsp3) is 0.500. The maximum absolute atomic E-state index is 12.6. The fourth-order valence-electron chi connectivity index (χ4n) is 4.14. The van der Waals surface area contributed by atoms with E-state index in [1.807, 2.05) is 4.90 Å². The number of carbonyl (C=O) groups is 1. The molecule has 0 radical (unpaired) electrons. The third kappa shape index (κ3) is 3.72. The average molecular weight is 338 g/mol. The molecule has 0 unspecified atom stereocenters. The molecule has 1 aliphatic heterocycles. The van der Waals surface area contributed by atoms with Gasteiger partial charge in [0.05, 0.1) is 0 Å². The smallest absolute Gasteiger partial charge is 0.225 e. The number of fused-ring (bicyclic) bond motifs is 1. The molecule has 1 fully saturated rings. The van der Waals surface area contributed by atoms with Gasteiger partial charge in [0.25, 0.3) is 0 Å². The molecule has 134 valence electrons. The topological polar surface area (TPSA) is 23.6 Å². The quantitative estimate of drug-likeness (QED) is 0.802. The summed E-state index contributed by atoms with van der Waals surface area (Å²) in [6.45, 7) is 10.1. The number of likely N-dealkylation sites (tertiary alicyclic amines) is 1. The van der Waals surface area contributed by atoms with Gasteiger partial charge in [-0.25, -0.2) is 0 Å². The lowest BCUT2D eigenvalue weighted by Crippen LogP contribution is -2.43. The summed E-state index contributed by atoms with van der Waals surface area (Å²) in [5, 5.41) is 2.65. The molecular weight excluding hydrogens is 308 g/mol. The van der Waals surface area contributed by atoms with E-state index in [0.29, 0.717) is 11.9 Å². The van der Waals surface area contributed by atoms with Crippen molar-refractivity contribution in [1.29, 1.82) is 0 Å². The molecule has 1 aliphatic rings. The summed E-state index contributed by atoms with van der Waals surface area (Å²) in [6, 6.07) is 15.6. The van der Waals surface area contributed by atoms with Gasteiger partial charge < -0.3 is 4.90 Å². The van der Waals surface area contributed by atoms with Crippen LogP contribution in [-0.2, 0) is 4.79 Å². The van der Waals surface area contributed by atoms with Gasteiger partial charge in [0.15, 0.2) is 0 Å². The molecule has 0 saturated carbocycles. The summed E-state index contributed by atoms with van der Waals surface area (Å²) in [7, 11) is 0. The second-order valence-corrected chi connectivity index (χ2v) is 7.07. The van der Waals surface area contributed by atoms with Crippen LogP contribution in [0.4, 0.5) is 0 Å². The molecule has 0 N–H and O–H groups in total. The fourth-order valence-corrected chi connectivity index (χ4v) is 4.14. The van der Waals surface area contributed by atoms with Gasteiger partial charge in [-0.1, -0.05) is 42.5 Å². The maximum Gasteiger partial charge on any atom is 0.225 e. The Labute approximate surface area is 151 Å². The van der Waals surface area contributed by atoms with Crippen molar-refractivity contribution in [3.05, 3.63) is 48.0 Å². The van der Waals surface area contributed by atoms with Crippen LogP contribution in [0.15, 0.2) is 42.5 Å². The molecule has 1 amide bonds. The predicted molar refractivity (Wildman–Crippen MR) is 105 cm³/mol. The lowest BCUT2D eigenvalue weighted by molar-refractivity contribution is -0.136. The highest BCUT2D eigenvalue weighted by Crippen LogP contribution is 2.31. The van der Waals surface area contributed by atoms with Crippen molar-refractivity contribution in [3.8, 4) is 0 Å². The minimum atomic E-state index is 0.205. The van der Waals surface area contributed by atoms with Gasteiger partial charge in [-0.2, -0.15) is 0 Å². The van der Waals surface area contributed by atoms with E-state index in [1.165, 1.54) is 16.3 Å². The van der Waals surface area contributed by atoms with E-state index in [-0.39, 0.29) is 5.92 Å². The van der Waals surface area contributed by atoms with Crippen molar-refractivity contribution in [2.45, 2.75) is 39.7 Å². The van der Waals surface area contributed by atoms with Crippen molar-refractivity contribution >= 4 is 16.7 Å². The normalized spacial score (nSPS) is 17.6. The van der Waals surface area contributed by atoms with Crippen molar-refractivity contribution in [3.63, 3.8) is 0 Å². The Morgan fingerprint density at radius 3 is 2.40 bits per heavy atom. The number of carbonyl (C=O) groups excluding carboxylic acids is 1. The van der Waals surface area contributed by atoms with Gasteiger partial charge in [-0.15, -0.1) is 0 Å². The Balaban J connectivity index is 1.69. The second kappa shape index (κ2) is 8.01. The van der Waals surface area contributed by atoms with Crippen LogP contribution in [0.3, 0.4) is 0 Å². The van der Waals surface area contributed by atoms with Crippen LogP contribution in [0.25, 0.3) is 10.8 Å². The SMILES string of the molecule is CCN(CC)C(=O)C1CCN([C@H](C)c2cccc3ccccc23)CC1. The van der Waals surface area contributed by atoms with E-state index in [1.54, 1.807) is 0 Å². The minimum absolute atomic E-state index is 0.205. The van der Waals surface area contributed by atoms with Crippen LogP contribution in [0.1, 0.15) is 45.2 Å². The Morgan fingerprint density at radius 1 is 1.08 bits per heavy atom. The zero-order valence-corrected chi connectivity index (χ0v) is 15.7. The number of hydrogen-bond donors (Lipinski definition) is 0. The highest BCUT2D eigenvalue weighted by Gasteiger charge is 2.29. The summed E-state index contributed by atoms with van der Waals surface area (Å²) >= 11 is 0. The van der Waals surface area contributed by atoms with E-state index in [4.69, 9.17) is 0 Å². The van der Waals surface area contributed by atoms with Gasteiger partial charge in [0, 0.05) is 25.0 Å². The van der Waals surface area contributed by atoms with Crippen LogP contribution >= 0.6 is 0 Å². The first-order valence-electron chi connectivity index (χ1n) is 9.66. The molecule has 0 aliphatic carbocycles. The molecule has 1 atom stereocenters. The summed E-state index contributed by atoms with van der Waals surface area (Å²) in [5.74, 6) is 0.554. The number of benzene rings is 2. The number of nitrogens with zero attached hydrogens (tertiary/aromatic N) is 2. The van der Waals surface area contributed by atoms with Gasteiger partial charge in [-0.3, -0.25) is 9.69 Å². The first-order chi connectivity index (χ1) is 12.2. The monoisotopic (exact) mass is 338 g/mol. The molecule has 0 aromatic heterocycles. The molecule has 0 spiro atoms. The molecule has 3 rings (SSSR count). The first-order valence-corrected chi connectivity index (χ1v) is 9.66. The largest absolute Gasteiger partial charge is 0.343 e. The van der Waals surface area contributed by atoms with Crippen molar-refractivity contribution in [1.82, 2.24) is 9.80 Å². The maximum atomic E-state index is 12.6. The summed E-state index contributed by atoms with van der Waals surface area (Å²) in [5.41, 5.74) is 1.40. The molecule has 1 saturated heterocycles. The Hall–Kier alpha value is -1.87. The van der Waals surface area contributed by atoms with E-state index in [9.17, 15) is 4.79 Å². The number of piperidine rings is 1. The standard InChI is InChI=1S/C22H30N2O/c1-4-23(5-2)22(25)19-13-15-24(16-14-19)17(3)20-12-8-10-18-9-6-7-11-21(18)20/h6-12,17,19H,4-5,13-16H2,1-3H3/t17-/m1/s1. The molecule has 3 heteroatoms. The average Bonchev–Trinajstić information content (AvgIpc) is 2.68. The third-order valence-electron chi connectivity index (χ3n) is 5.78. The lowest BCUT2D eigenvalue weighted by Gasteiger charge is -2.37. The van der Waals surface area contributed by atoms with Gasteiger partial charge >= 0.3 is 0 Å². The van der Waals surface area contributed by atoms with E-state index in [0.717, 1.165) is 39.0 Å². The molecule has 2 aromatic carbocycles. The molecule has 1 heterocycles. The van der Waals surface area contributed by atoms with Gasteiger partial charge in [0.1, 0.15) is 0 Å². The highest BCUT2D eigenvalue weighted by atomic mass is 16.2. The van der Waals surface area contributed by atoms with E-state index < -0.39 is 0 Å². The van der Waals surface area contributed by atoms with Crippen molar-refractivity contribution in [2.75, 3.05) is 26.2 Å². The van der Waals surface area contributed by atoms with Crippen LogP contribution in [0.5, 0.6) is 0 Å². The van der Waals surface area contributed by atoms with Gasteiger partial charge in [0.2, 0.25) is 5.91 Å². The molecular formula is C22H30N2O. The molecule has 2 aromatic rings. The molecule has 25 heavy (non-hydrogen) atoms. The van der Waals surface area contributed by atoms with Crippen LogP contribution in [0, 0.1) is 5.92 Å². The van der Waals surface area contributed by atoms with E-state index >= 15 is 0 Å². The minimum Gasteiger partial charge on any atom is -0.343 e. The van der Waals surface area contributed by atoms with Gasteiger partial charge in [-0.05, 0) is 63.0 Å². The Bertz CT molecular complexity index is 710. The predicted octanol–water partition coefficient (Wildman–Crippen LogP) is 4.48. The first kappa shape index (κ1) is 17.9. The zero-order chi connectivity index (χ0) is 17.8. The van der Waals surface area contributed by atoms with Crippen LogP contribution < -0.4 is 0 Å². The van der Waals surface area contributed by atoms with Crippen LogP contribution in [-0.4, -0.2) is 41.9 Å². The summed E-state index contributed by atoms with van der Waals surface area (Å²) in [6.07, 6.45) is 1.95. The molecule has 3 nitrogen and oxygen atoms in total.